The van der Waals surface area contributed by atoms with Gasteiger partial charge in [-0.2, -0.15) is 0 Å². The summed E-state index contributed by atoms with van der Waals surface area (Å²) in [6, 6.07) is 12.2. The normalized spacial score (nSPS) is 12.1. The maximum atomic E-state index is 13.2. The van der Waals surface area contributed by atoms with Gasteiger partial charge in [0.2, 0.25) is 0 Å². The lowest BCUT2D eigenvalue weighted by Gasteiger charge is -2.12. The van der Waals surface area contributed by atoms with E-state index in [2.05, 4.69) is 0 Å². The summed E-state index contributed by atoms with van der Waals surface area (Å²) < 4.78 is 13.2. The van der Waals surface area contributed by atoms with E-state index in [-0.39, 0.29) is 12.1 Å². The molecule has 19 heavy (non-hydrogen) atoms. The van der Waals surface area contributed by atoms with Gasteiger partial charge < -0.3 is 5.73 Å². The fourth-order valence-electron chi connectivity index (χ4n) is 1.95. The highest BCUT2D eigenvalue weighted by atomic mass is 19.1. The maximum Gasteiger partial charge on any atom is 0.272 e. The standard InChI is InChI=1S/C14H13FN2O2/c15-12-6-7-14(17(18)19)11(8-12)9-13(16)10-4-2-1-3-5-10/h1-8,13H,9,16H2. The van der Waals surface area contributed by atoms with Gasteiger partial charge in [-0.15, -0.1) is 0 Å². The minimum absolute atomic E-state index is 0.104. The van der Waals surface area contributed by atoms with E-state index in [1.807, 2.05) is 30.3 Å². The van der Waals surface area contributed by atoms with Crippen molar-refractivity contribution in [2.75, 3.05) is 0 Å². The zero-order valence-electron chi connectivity index (χ0n) is 10.1. The average molecular weight is 260 g/mol. The molecule has 2 rings (SSSR count). The molecule has 98 valence electrons. The van der Waals surface area contributed by atoms with Crippen molar-refractivity contribution in [1.29, 1.82) is 0 Å². The molecule has 1 unspecified atom stereocenters. The second kappa shape index (κ2) is 5.58. The van der Waals surface area contributed by atoms with Crippen LogP contribution in [-0.2, 0) is 6.42 Å². The summed E-state index contributed by atoms with van der Waals surface area (Å²) in [5, 5.41) is 10.9. The van der Waals surface area contributed by atoms with Gasteiger partial charge in [-0.25, -0.2) is 4.39 Å². The lowest BCUT2D eigenvalue weighted by molar-refractivity contribution is -0.385. The van der Waals surface area contributed by atoms with Crippen LogP contribution < -0.4 is 5.73 Å². The monoisotopic (exact) mass is 260 g/mol. The van der Waals surface area contributed by atoms with E-state index in [0.29, 0.717) is 5.56 Å². The number of nitro groups is 1. The van der Waals surface area contributed by atoms with Crippen molar-refractivity contribution in [2.24, 2.45) is 5.73 Å². The number of hydrogen-bond acceptors (Lipinski definition) is 3. The van der Waals surface area contributed by atoms with Crippen LogP contribution in [0.3, 0.4) is 0 Å². The van der Waals surface area contributed by atoms with Gasteiger partial charge in [-0.05, 0) is 24.1 Å². The first-order valence-electron chi connectivity index (χ1n) is 5.81. The Morgan fingerprint density at radius 2 is 1.89 bits per heavy atom. The first-order chi connectivity index (χ1) is 9.08. The van der Waals surface area contributed by atoms with Crippen LogP contribution >= 0.6 is 0 Å². The van der Waals surface area contributed by atoms with Crippen molar-refractivity contribution in [2.45, 2.75) is 12.5 Å². The Morgan fingerprint density at radius 3 is 2.53 bits per heavy atom. The smallest absolute Gasteiger partial charge is 0.272 e. The van der Waals surface area contributed by atoms with Crippen LogP contribution in [0, 0.1) is 15.9 Å². The van der Waals surface area contributed by atoms with Crippen molar-refractivity contribution >= 4 is 5.69 Å². The Bertz CT molecular complexity index is 587. The molecule has 0 radical (unpaired) electrons. The molecule has 0 aliphatic rings. The molecule has 0 heterocycles. The van der Waals surface area contributed by atoms with Crippen LogP contribution in [-0.4, -0.2) is 4.92 Å². The molecule has 0 amide bonds. The first kappa shape index (κ1) is 13.2. The number of halogens is 1. The summed E-state index contributed by atoms with van der Waals surface area (Å²) in [6.07, 6.45) is 0.220. The minimum atomic E-state index is -0.521. The van der Waals surface area contributed by atoms with Crippen molar-refractivity contribution in [3.05, 3.63) is 75.6 Å². The van der Waals surface area contributed by atoms with Crippen molar-refractivity contribution in [3.63, 3.8) is 0 Å². The van der Waals surface area contributed by atoms with Gasteiger partial charge in [0.05, 0.1) is 4.92 Å². The van der Waals surface area contributed by atoms with Crippen molar-refractivity contribution < 1.29 is 9.31 Å². The molecule has 0 spiro atoms. The Balaban J connectivity index is 2.28. The third-order valence-corrected chi connectivity index (χ3v) is 2.91. The Hall–Kier alpha value is -2.27. The van der Waals surface area contributed by atoms with Crippen LogP contribution in [0.5, 0.6) is 0 Å². The van der Waals surface area contributed by atoms with Crippen molar-refractivity contribution in [3.8, 4) is 0 Å². The van der Waals surface area contributed by atoms with Crippen LogP contribution in [0.1, 0.15) is 17.2 Å². The van der Waals surface area contributed by atoms with Gasteiger partial charge in [0.25, 0.3) is 5.69 Å². The molecule has 0 aliphatic carbocycles. The van der Waals surface area contributed by atoms with E-state index in [9.17, 15) is 14.5 Å². The number of rotatable bonds is 4. The van der Waals surface area contributed by atoms with Gasteiger partial charge in [0, 0.05) is 17.7 Å². The van der Waals surface area contributed by atoms with Gasteiger partial charge in [-0.3, -0.25) is 10.1 Å². The third-order valence-electron chi connectivity index (χ3n) is 2.91. The Labute approximate surface area is 109 Å². The molecular weight excluding hydrogens is 247 g/mol. The summed E-state index contributed by atoms with van der Waals surface area (Å²) in [7, 11) is 0. The first-order valence-corrected chi connectivity index (χ1v) is 5.81. The summed E-state index contributed by atoms with van der Waals surface area (Å²) in [4.78, 5) is 10.4. The van der Waals surface area contributed by atoms with Crippen LogP contribution in [0.2, 0.25) is 0 Å². The van der Waals surface area contributed by atoms with Gasteiger partial charge in [-0.1, -0.05) is 30.3 Å². The average Bonchev–Trinajstić information content (AvgIpc) is 2.39. The SMILES string of the molecule is NC(Cc1cc(F)ccc1[N+](=O)[O-])c1ccccc1. The van der Waals surface area contributed by atoms with E-state index in [1.165, 1.54) is 12.1 Å². The fraction of sp³-hybridized carbons (Fsp3) is 0.143. The number of hydrogen-bond donors (Lipinski definition) is 1. The lowest BCUT2D eigenvalue weighted by atomic mass is 9.98. The highest BCUT2D eigenvalue weighted by Gasteiger charge is 2.17. The Kier molecular flexibility index (Phi) is 3.87. The van der Waals surface area contributed by atoms with E-state index >= 15 is 0 Å². The highest BCUT2D eigenvalue weighted by molar-refractivity contribution is 5.41. The maximum absolute atomic E-state index is 13.2. The zero-order chi connectivity index (χ0) is 13.8. The summed E-state index contributed by atoms with van der Waals surface area (Å²) >= 11 is 0. The number of nitrogens with two attached hydrogens (primary N) is 1. The summed E-state index contributed by atoms with van der Waals surface area (Å²) in [5.41, 5.74) is 7.07. The van der Waals surface area contributed by atoms with E-state index < -0.39 is 16.8 Å². The number of nitrogens with zero attached hydrogens (tertiary/aromatic N) is 1. The van der Waals surface area contributed by atoms with Crippen LogP contribution in [0.15, 0.2) is 48.5 Å². The quantitative estimate of drug-likeness (QED) is 0.678. The van der Waals surface area contributed by atoms with E-state index in [4.69, 9.17) is 5.73 Å². The zero-order valence-corrected chi connectivity index (χ0v) is 10.1. The fourth-order valence-corrected chi connectivity index (χ4v) is 1.95. The lowest BCUT2D eigenvalue weighted by Crippen LogP contribution is -2.14. The molecule has 0 saturated heterocycles. The molecule has 2 aromatic rings. The van der Waals surface area contributed by atoms with Gasteiger partial charge >= 0.3 is 0 Å². The van der Waals surface area contributed by atoms with Gasteiger partial charge in [0.15, 0.2) is 0 Å². The predicted octanol–water partition coefficient (Wildman–Crippen LogP) is 2.98. The van der Waals surface area contributed by atoms with Crippen LogP contribution in [0.25, 0.3) is 0 Å². The van der Waals surface area contributed by atoms with Crippen molar-refractivity contribution in [1.82, 2.24) is 0 Å². The molecule has 0 fully saturated rings. The predicted molar refractivity (Wildman–Crippen MR) is 70.1 cm³/mol. The van der Waals surface area contributed by atoms with Gasteiger partial charge in [0.1, 0.15) is 5.82 Å². The molecular formula is C14H13FN2O2. The molecule has 2 N–H and O–H groups in total. The molecule has 0 aromatic heterocycles. The Morgan fingerprint density at radius 1 is 1.21 bits per heavy atom. The second-order valence-corrected chi connectivity index (χ2v) is 4.25. The molecule has 1 atom stereocenters. The van der Waals surface area contributed by atoms with Crippen LogP contribution in [0.4, 0.5) is 10.1 Å². The number of nitro benzene ring substituents is 1. The summed E-state index contributed by atoms with van der Waals surface area (Å²) in [5.74, 6) is -0.499. The topological polar surface area (TPSA) is 69.2 Å². The van der Waals surface area contributed by atoms with E-state index in [1.54, 1.807) is 0 Å². The van der Waals surface area contributed by atoms with E-state index in [0.717, 1.165) is 11.6 Å². The highest BCUT2D eigenvalue weighted by Crippen LogP contribution is 2.24. The molecule has 0 aliphatic heterocycles. The molecule has 4 nitrogen and oxygen atoms in total. The summed E-state index contributed by atoms with van der Waals surface area (Å²) in [6.45, 7) is 0. The third kappa shape index (κ3) is 3.14. The molecule has 0 bridgehead atoms. The minimum Gasteiger partial charge on any atom is -0.324 e. The second-order valence-electron chi connectivity index (χ2n) is 4.25. The molecule has 5 heteroatoms. The molecule has 2 aromatic carbocycles. The largest absolute Gasteiger partial charge is 0.324 e. The number of benzene rings is 2. The molecule has 0 saturated carbocycles.